The highest BCUT2D eigenvalue weighted by Gasteiger charge is 2.22. The zero-order valence-corrected chi connectivity index (χ0v) is 13.6. The average Bonchev–Trinajstić information content (AvgIpc) is 2.62. The van der Waals surface area contributed by atoms with Gasteiger partial charge in [0.25, 0.3) is 0 Å². The van der Waals surface area contributed by atoms with Crippen LogP contribution in [0.3, 0.4) is 0 Å². The standard InChI is InChI=1S/C22H21O/c1-22(2,19-11-7-4-8-12-19)20-13-15-21(16-14-20)23-17-18-9-5-3-6-10-18/h3,5-16H,17H2,1-2H3. The molecule has 115 valence electrons. The van der Waals surface area contributed by atoms with Crippen LogP contribution in [0, 0.1) is 6.07 Å². The first-order valence-corrected chi connectivity index (χ1v) is 7.90. The third kappa shape index (κ3) is 3.62. The van der Waals surface area contributed by atoms with Gasteiger partial charge in [0, 0.05) is 5.41 Å². The summed E-state index contributed by atoms with van der Waals surface area (Å²) in [7, 11) is 0. The molecule has 0 saturated carbocycles. The molecule has 0 aliphatic heterocycles. The molecular weight excluding hydrogens is 280 g/mol. The van der Waals surface area contributed by atoms with Gasteiger partial charge in [0.2, 0.25) is 0 Å². The quantitative estimate of drug-likeness (QED) is 0.614. The van der Waals surface area contributed by atoms with E-state index in [4.69, 9.17) is 4.74 Å². The maximum atomic E-state index is 5.86. The van der Waals surface area contributed by atoms with E-state index < -0.39 is 0 Å². The predicted octanol–water partition coefficient (Wildman–Crippen LogP) is 5.39. The van der Waals surface area contributed by atoms with Crippen LogP contribution in [0.15, 0.2) is 78.9 Å². The van der Waals surface area contributed by atoms with E-state index in [1.807, 2.05) is 30.3 Å². The molecule has 0 spiro atoms. The smallest absolute Gasteiger partial charge is 0.119 e. The van der Waals surface area contributed by atoms with E-state index in [0.29, 0.717) is 6.61 Å². The molecule has 0 N–H and O–H groups in total. The fourth-order valence-corrected chi connectivity index (χ4v) is 2.68. The number of benzene rings is 3. The van der Waals surface area contributed by atoms with Crippen molar-refractivity contribution in [2.75, 3.05) is 0 Å². The van der Waals surface area contributed by atoms with Gasteiger partial charge < -0.3 is 4.74 Å². The Hall–Kier alpha value is -2.54. The second kappa shape index (κ2) is 6.70. The molecule has 0 amide bonds. The first-order valence-electron chi connectivity index (χ1n) is 7.90. The Kier molecular flexibility index (Phi) is 4.47. The molecule has 0 aliphatic carbocycles. The third-order valence-electron chi connectivity index (χ3n) is 4.26. The van der Waals surface area contributed by atoms with Crippen molar-refractivity contribution in [1.82, 2.24) is 0 Å². The lowest BCUT2D eigenvalue weighted by atomic mass is 9.78. The van der Waals surface area contributed by atoms with Crippen LogP contribution in [0.4, 0.5) is 0 Å². The molecular formula is C22H21O. The fraction of sp³-hybridized carbons (Fsp3) is 0.182. The number of ether oxygens (including phenoxy) is 1. The van der Waals surface area contributed by atoms with E-state index in [1.54, 1.807) is 0 Å². The summed E-state index contributed by atoms with van der Waals surface area (Å²) in [4.78, 5) is 0. The summed E-state index contributed by atoms with van der Waals surface area (Å²) in [5, 5.41) is 0. The van der Waals surface area contributed by atoms with Crippen molar-refractivity contribution in [3.05, 3.63) is 102 Å². The summed E-state index contributed by atoms with van der Waals surface area (Å²) in [5.74, 6) is 0.898. The SMILES string of the molecule is CC(C)(c1cc[c]cc1)c1ccc(OCc2ccccc2)cc1. The zero-order chi connectivity index (χ0) is 16.1. The molecule has 1 radical (unpaired) electrons. The molecule has 0 saturated heterocycles. The molecule has 0 unspecified atom stereocenters. The molecule has 23 heavy (non-hydrogen) atoms. The maximum absolute atomic E-state index is 5.86. The largest absolute Gasteiger partial charge is 0.489 e. The highest BCUT2D eigenvalue weighted by atomic mass is 16.5. The zero-order valence-electron chi connectivity index (χ0n) is 13.6. The Morgan fingerprint density at radius 2 is 1.39 bits per heavy atom. The van der Waals surface area contributed by atoms with Crippen LogP contribution in [-0.4, -0.2) is 0 Å². The van der Waals surface area contributed by atoms with Crippen LogP contribution >= 0.6 is 0 Å². The van der Waals surface area contributed by atoms with Crippen molar-refractivity contribution < 1.29 is 4.74 Å². The number of hydrogen-bond donors (Lipinski definition) is 0. The average molecular weight is 301 g/mol. The van der Waals surface area contributed by atoms with Crippen molar-refractivity contribution in [3.8, 4) is 5.75 Å². The van der Waals surface area contributed by atoms with Gasteiger partial charge in [-0.3, -0.25) is 0 Å². The van der Waals surface area contributed by atoms with Gasteiger partial charge in [-0.05, 0) is 34.9 Å². The summed E-state index contributed by atoms with van der Waals surface area (Å²) in [6.07, 6.45) is 0. The van der Waals surface area contributed by atoms with E-state index in [-0.39, 0.29) is 5.41 Å². The Balaban J connectivity index is 1.72. The molecule has 3 rings (SSSR count). The second-order valence-corrected chi connectivity index (χ2v) is 6.21. The molecule has 0 aliphatic rings. The molecule has 0 heterocycles. The molecule has 3 aromatic carbocycles. The summed E-state index contributed by atoms with van der Waals surface area (Å²) in [5.41, 5.74) is 3.70. The Labute approximate surface area is 138 Å². The monoisotopic (exact) mass is 301 g/mol. The van der Waals surface area contributed by atoms with Crippen molar-refractivity contribution in [3.63, 3.8) is 0 Å². The Morgan fingerprint density at radius 3 is 2.04 bits per heavy atom. The first-order chi connectivity index (χ1) is 11.2. The van der Waals surface area contributed by atoms with Crippen LogP contribution in [-0.2, 0) is 12.0 Å². The van der Waals surface area contributed by atoms with Gasteiger partial charge in [0.1, 0.15) is 12.4 Å². The number of rotatable bonds is 5. The topological polar surface area (TPSA) is 9.23 Å². The molecule has 3 aromatic rings. The van der Waals surface area contributed by atoms with Gasteiger partial charge in [0.05, 0.1) is 0 Å². The van der Waals surface area contributed by atoms with Gasteiger partial charge in [-0.2, -0.15) is 0 Å². The summed E-state index contributed by atoms with van der Waals surface area (Å²) < 4.78 is 5.86. The second-order valence-electron chi connectivity index (χ2n) is 6.21. The summed E-state index contributed by atoms with van der Waals surface area (Å²) >= 11 is 0. The third-order valence-corrected chi connectivity index (χ3v) is 4.26. The minimum atomic E-state index is -0.0347. The van der Waals surface area contributed by atoms with E-state index in [0.717, 1.165) is 5.75 Å². The Morgan fingerprint density at radius 1 is 0.783 bits per heavy atom. The normalized spacial score (nSPS) is 11.2. The minimum absolute atomic E-state index is 0.0347. The first kappa shape index (κ1) is 15.4. The van der Waals surface area contributed by atoms with E-state index in [9.17, 15) is 0 Å². The van der Waals surface area contributed by atoms with Gasteiger partial charge in [-0.1, -0.05) is 80.6 Å². The van der Waals surface area contributed by atoms with Crippen molar-refractivity contribution in [2.45, 2.75) is 25.9 Å². The van der Waals surface area contributed by atoms with Crippen molar-refractivity contribution >= 4 is 0 Å². The van der Waals surface area contributed by atoms with E-state index in [1.165, 1.54) is 16.7 Å². The lowest BCUT2D eigenvalue weighted by Gasteiger charge is -2.26. The van der Waals surface area contributed by atoms with Gasteiger partial charge in [0.15, 0.2) is 0 Å². The Bertz CT molecular complexity index is 728. The van der Waals surface area contributed by atoms with Gasteiger partial charge >= 0.3 is 0 Å². The van der Waals surface area contributed by atoms with Gasteiger partial charge in [-0.25, -0.2) is 0 Å². The van der Waals surface area contributed by atoms with Crippen molar-refractivity contribution in [1.29, 1.82) is 0 Å². The van der Waals surface area contributed by atoms with Crippen LogP contribution < -0.4 is 4.74 Å². The molecule has 0 fully saturated rings. The molecule has 1 nitrogen and oxygen atoms in total. The lowest BCUT2D eigenvalue weighted by Crippen LogP contribution is -2.18. The van der Waals surface area contributed by atoms with E-state index >= 15 is 0 Å². The van der Waals surface area contributed by atoms with Crippen LogP contribution in [0.5, 0.6) is 5.75 Å². The molecule has 0 bridgehead atoms. The molecule has 1 heteroatoms. The fourth-order valence-electron chi connectivity index (χ4n) is 2.68. The molecule has 0 aromatic heterocycles. The van der Waals surface area contributed by atoms with E-state index in [2.05, 4.69) is 68.4 Å². The maximum Gasteiger partial charge on any atom is 0.119 e. The van der Waals surface area contributed by atoms with Crippen molar-refractivity contribution in [2.24, 2.45) is 0 Å². The number of hydrogen-bond acceptors (Lipinski definition) is 1. The predicted molar refractivity (Wildman–Crippen MR) is 94.6 cm³/mol. The van der Waals surface area contributed by atoms with Crippen LogP contribution in [0.25, 0.3) is 0 Å². The summed E-state index contributed by atoms with van der Waals surface area (Å²) in [6.45, 7) is 5.07. The lowest BCUT2D eigenvalue weighted by molar-refractivity contribution is 0.306. The van der Waals surface area contributed by atoms with Crippen LogP contribution in [0.1, 0.15) is 30.5 Å². The van der Waals surface area contributed by atoms with Gasteiger partial charge in [-0.15, -0.1) is 0 Å². The molecule has 0 atom stereocenters. The van der Waals surface area contributed by atoms with Crippen LogP contribution in [0.2, 0.25) is 0 Å². The summed E-state index contributed by atoms with van der Waals surface area (Å²) in [6, 6.07) is 29.9. The highest BCUT2D eigenvalue weighted by Crippen LogP contribution is 2.32. The minimum Gasteiger partial charge on any atom is -0.489 e. The highest BCUT2D eigenvalue weighted by molar-refractivity contribution is 5.39.